The normalized spacial score (nSPS) is 17.0. The lowest BCUT2D eigenvalue weighted by molar-refractivity contribution is 0.185. The van der Waals surface area contributed by atoms with E-state index in [9.17, 15) is 0 Å². The second-order valence-corrected chi connectivity index (χ2v) is 6.76. The van der Waals surface area contributed by atoms with Gasteiger partial charge in [0.1, 0.15) is 0 Å². The van der Waals surface area contributed by atoms with Crippen molar-refractivity contribution in [2.45, 2.75) is 40.3 Å². The van der Waals surface area contributed by atoms with Crippen molar-refractivity contribution in [2.75, 3.05) is 26.7 Å². The van der Waals surface area contributed by atoms with Crippen LogP contribution in [0.4, 0.5) is 0 Å². The van der Waals surface area contributed by atoms with Crippen LogP contribution in [0.3, 0.4) is 0 Å². The Labute approximate surface area is 157 Å². The monoisotopic (exact) mass is 431 g/mol. The van der Waals surface area contributed by atoms with Crippen LogP contribution in [-0.4, -0.2) is 37.6 Å². The minimum Gasteiger partial charge on any atom is -0.380 e. The lowest BCUT2D eigenvalue weighted by atomic mass is 9.93. The average molecular weight is 431 g/mol. The van der Waals surface area contributed by atoms with Gasteiger partial charge in [-0.15, -0.1) is 24.0 Å². The highest BCUT2D eigenvalue weighted by Gasteiger charge is 2.30. The van der Waals surface area contributed by atoms with Gasteiger partial charge in [0.2, 0.25) is 0 Å². The Morgan fingerprint density at radius 3 is 2.43 bits per heavy atom. The van der Waals surface area contributed by atoms with Gasteiger partial charge in [0.15, 0.2) is 5.96 Å². The number of aliphatic imine (C=N–C) groups is 1. The molecule has 1 saturated heterocycles. The van der Waals surface area contributed by atoms with E-state index in [-0.39, 0.29) is 24.0 Å². The number of rotatable bonds is 5. The Morgan fingerprint density at radius 2 is 1.91 bits per heavy atom. The summed E-state index contributed by atoms with van der Waals surface area (Å²) in [6, 6.07) is 8.49. The van der Waals surface area contributed by atoms with Gasteiger partial charge in [-0.2, -0.15) is 0 Å². The molecule has 5 heteroatoms. The standard InChI is InChI=1S/C18H29N3O.HI/c1-5-19-17(21-11-10-18(2,3)14-21)20-12-15-6-8-16(9-7-15)13-22-4;/h6-9H,5,10-14H2,1-4H3,(H,19,20);1H. The maximum Gasteiger partial charge on any atom is 0.194 e. The molecule has 0 unspecified atom stereocenters. The fraction of sp³-hybridized carbons (Fsp3) is 0.611. The highest BCUT2D eigenvalue weighted by atomic mass is 127. The molecular weight excluding hydrogens is 401 g/mol. The molecule has 1 aliphatic rings. The number of ether oxygens (including phenoxy) is 1. The Balaban J connectivity index is 0.00000264. The second-order valence-electron chi connectivity index (χ2n) is 6.76. The molecule has 0 saturated carbocycles. The molecule has 0 amide bonds. The van der Waals surface area contributed by atoms with E-state index in [0.29, 0.717) is 18.6 Å². The number of hydrogen-bond donors (Lipinski definition) is 1. The zero-order chi connectivity index (χ0) is 16.0. The maximum atomic E-state index is 5.14. The van der Waals surface area contributed by atoms with Gasteiger partial charge in [-0.3, -0.25) is 0 Å². The smallest absolute Gasteiger partial charge is 0.194 e. The Bertz CT molecular complexity index is 499. The van der Waals surface area contributed by atoms with Crippen molar-refractivity contribution in [3.8, 4) is 0 Å². The predicted molar refractivity (Wildman–Crippen MR) is 107 cm³/mol. The van der Waals surface area contributed by atoms with E-state index in [0.717, 1.165) is 25.6 Å². The number of likely N-dealkylation sites (tertiary alicyclic amines) is 1. The van der Waals surface area contributed by atoms with Crippen molar-refractivity contribution in [2.24, 2.45) is 10.4 Å². The molecule has 1 aliphatic heterocycles. The summed E-state index contributed by atoms with van der Waals surface area (Å²) in [4.78, 5) is 7.18. The maximum absolute atomic E-state index is 5.14. The van der Waals surface area contributed by atoms with Crippen LogP contribution < -0.4 is 5.32 Å². The molecule has 2 rings (SSSR count). The molecule has 0 bridgehead atoms. The number of methoxy groups -OCH3 is 1. The molecule has 130 valence electrons. The number of hydrogen-bond acceptors (Lipinski definition) is 2. The topological polar surface area (TPSA) is 36.9 Å². The summed E-state index contributed by atoms with van der Waals surface area (Å²) in [6.45, 7) is 11.2. The summed E-state index contributed by atoms with van der Waals surface area (Å²) < 4.78 is 5.14. The zero-order valence-electron chi connectivity index (χ0n) is 14.8. The average Bonchev–Trinajstić information content (AvgIpc) is 2.85. The first-order valence-electron chi connectivity index (χ1n) is 8.14. The highest BCUT2D eigenvalue weighted by molar-refractivity contribution is 14.0. The predicted octanol–water partition coefficient (Wildman–Crippen LogP) is 3.65. The fourth-order valence-corrected chi connectivity index (χ4v) is 2.79. The van der Waals surface area contributed by atoms with Crippen LogP contribution in [0.15, 0.2) is 29.3 Å². The molecule has 1 aromatic rings. The highest BCUT2D eigenvalue weighted by Crippen LogP contribution is 2.28. The fourth-order valence-electron chi connectivity index (χ4n) is 2.79. The van der Waals surface area contributed by atoms with Crippen LogP contribution in [0.5, 0.6) is 0 Å². The van der Waals surface area contributed by atoms with Crippen molar-refractivity contribution in [1.82, 2.24) is 10.2 Å². The van der Waals surface area contributed by atoms with Gasteiger partial charge in [0.25, 0.3) is 0 Å². The van der Waals surface area contributed by atoms with Crippen molar-refractivity contribution < 1.29 is 4.74 Å². The van der Waals surface area contributed by atoms with E-state index in [2.05, 4.69) is 55.3 Å². The van der Waals surface area contributed by atoms with E-state index in [1.807, 2.05) is 0 Å². The van der Waals surface area contributed by atoms with E-state index < -0.39 is 0 Å². The van der Waals surface area contributed by atoms with Crippen LogP contribution in [0.1, 0.15) is 38.3 Å². The second kappa shape index (κ2) is 9.47. The number of nitrogens with one attached hydrogen (secondary N) is 1. The van der Waals surface area contributed by atoms with Crippen LogP contribution in [0.25, 0.3) is 0 Å². The summed E-state index contributed by atoms with van der Waals surface area (Å²) in [6.07, 6.45) is 1.23. The molecule has 0 spiro atoms. The Morgan fingerprint density at radius 1 is 1.26 bits per heavy atom. The minimum absolute atomic E-state index is 0. The minimum atomic E-state index is 0. The van der Waals surface area contributed by atoms with Crippen molar-refractivity contribution in [1.29, 1.82) is 0 Å². The summed E-state index contributed by atoms with van der Waals surface area (Å²) in [5, 5.41) is 3.42. The third-order valence-electron chi connectivity index (χ3n) is 4.06. The van der Waals surface area contributed by atoms with Crippen LogP contribution >= 0.6 is 24.0 Å². The number of halogens is 1. The first-order valence-corrected chi connectivity index (χ1v) is 8.14. The lowest BCUT2D eigenvalue weighted by Crippen LogP contribution is -2.40. The molecule has 1 fully saturated rings. The van der Waals surface area contributed by atoms with Crippen LogP contribution in [-0.2, 0) is 17.9 Å². The first kappa shape index (κ1) is 20.2. The van der Waals surface area contributed by atoms with Gasteiger partial charge in [0, 0.05) is 26.7 Å². The molecule has 0 aromatic heterocycles. The van der Waals surface area contributed by atoms with Gasteiger partial charge in [-0.1, -0.05) is 38.1 Å². The van der Waals surface area contributed by atoms with Crippen molar-refractivity contribution in [3.05, 3.63) is 35.4 Å². The van der Waals surface area contributed by atoms with Crippen molar-refractivity contribution in [3.63, 3.8) is 0 Å². The molecule has 4 nitrogen and oxygen atoms in total. The molecule has 1 heterocycles. The number of benzene rings is 1. The molecule has 23 heavy (non-hydrogen) atoms. The number of nitrogens with zero attached hydrogens (tertiary/aromatic N) is 2. The number of guanidine groups is 1. The molecular formula is C18H30IN3O. The first-order chi connectivity index (χ1) is 10.5. The van der Waals surface area contributed by atoms with E-state index in [1.165, 1.54) is 17.5 Å². The molecule has 1 N–H and O–H groups in total. The van der Waals surface area contributed by atoms with Gasteiger partial charge < -0.3 is 15.0 Å². The van der Waals surface area contributed by atoms with Crippen LogP contribution in [0.2, 0.25) is 0 Å². The molecule has 0 atom stereocenters. The summed E-state index contributed by atoms with van der Waals surface area (Å²) >= 11 is 0. The molecule has 0 radical (unpaired) electrons. The van der Waals surface area contributed by atoms with Crippen LogP contribution in [0, 0.1) is 5.41 Å². The lowest BCUT2D eigenvalue weighted by Gasteiger charge is -2.23. The largest absolute Gasteiger partial charge is 0.380 e. The van der Waals surface area contributed by atoms with Gasteiger partial charge in [0.05, 0.1) is 13.2 Å². The van der Waals surface area contributed by atoms with E-state index in [4.69, 9.17) is 9.73 Å². The zero-order valence-corrected chi connectivity index (χ0v) is 17.1. The van der Waals surface area contributed by atoms with Crippen molar-refractivity contribution >= 4 is 29.9 Å². The summed E-state index contributed by atoms with van der Waals surface area (Å²) in [7, 11) is 1.72. The summed E-state index contributed by atoms with van der Waals surface area (Å²) in [5.74, 6) is 1.04. The Kier molecular flexibility index (Phi) is 8.33. The SMILES string of the molecule is CCNC(=NCc1ccc(COC)cc1)N1CCC(C)(C)C1.I. The quantitative estimate of drug-likeness (QED) is 0.440. The molecule has 1 aromatic carbocycles. The summed E-state index contributed by atoms with van der Waals surface area (Å²) in [5.41, 5.74) is 2.81. The Hall–Kier alpha value is -0.820. The third kappa shape index (κ3) is 6.30. The third-order valence-corrected chi connectivity index (χ3v) is 4.06. The van der Waals surface area contributed by atoms with Gasteiger partial charge in [-0.05, 0) is 29.9 Å². The van der Waals surface area contributed by atoms with Gasteiger partial charge in [-0.25, -0.2) is 4.99 Å². The van der Waals surface area contributed by atoms with E-state index >= 15 is 0 Å². The molecule has 0 aliphatic carbocycles. The van der Waals surface area contributed by atoms with Gasteiger partial charge >= 0.3 is 0 Å². The van der Waals surface area contributed by atoms with E-state index in [1.54, 1.807) is 7.11 Å².